The number of hydrogen-bond acceptors (Lipinski definition) is 2. The van der Waals surface area contributed by atoms with Gasteiger partial charge in [0.2, 0.25) is 0 Å². The predicted octanol–water partition coefficient (Wildman–Crippen LogP) is 3.51. The van der Waals surface area contributed by atoms with Gasteiger partial charge in [-0.3, -0.25) is 0 Å². The number of aryl methyl sites for hydroxylation is 2. The van der Waals surface area contributed by atoms with Crippen molar-refractivity contribution >= 4 is 6.79 Å². The van der Waals surface area contributed by atoms with Crippen LogP contribution in [-0.4, -0.2) is 11.9 Å². The standard InChI is InChI=1S/C8H10.C6H6O.CH2O/c1-7-4-3-5-8(2)6-7;7-6-4-2-1-3-5-6;1-2/h3-6H,1-2H3;1-5,7H;1H2. The molecule has 0 atom stereocenters. The number of benzene rings is 2. The molecule has 0 radical (unpaired) electrons. The van der Waals surface area contributed by atoms with Crippen molar-refractivity contribution in [3.8, 4) is 5.75 Å². The fourth-order valence-electron chi connectivity index (χ4n) is 1.24. The second-order valence-corrected chi connectivity index (χ2v) is 3.49. The van der Waals surface area contributed by atoms with Gasteiger partial charge in [-0.05, 0) is 26.0 Å². The second kappa shape index (κ2) is 9.16. The molecule has 2 heteroatoms. The van der Waals surface area contributed by atoms with Crippen LogP contribution in [-0.2, 0) is 4.79 Å². The highest BCUT2D eigenvalue weighted by molar-refractivity contribution is 5.20. The Labute approximate surface area is 103 Å². The summed E-state index contributed by atoms with van der Waals surface area (Å²) < 4.78 is 0. The molecule has 0 aliphatic carbocycles. The quantitative estimate of drug-likeness (QED) is 0.752. The first-order valence-corrected chi connectivity index (χ1v) is 5.24. The lowest BCUT2D eigenvalue weighted by atomic mass is 10.2. The van der Waals surface area contributed by atoms with Gasteiger partial charge in [-0.25, -0.2) is 0 Å². The summed E-state index contributed by atoms with van der Waals surface area (Å²) in [6.07, 6.45) is 0. The highest BCUT2D eigenvalue weighted by Gasteiger charge is 1.80. The molecular weight excluding hydrogens is 212 g/mol. The molecule has 90 valence electrons. The van der Waals surface area contributed by atoms with Crippen molar-refractivity contribution < 1.29 is 9.90 Å². The van der Waals surface area contributed by atoms with Gasteiger partial charge >= 0.3 is 0 Å². The normalized spacial score (nSPS) is 8.12. The average Bonchev–Trinajstić information content (AvgIpc) is 2.33. The lowest BCUT2D eigenvalue weighted by Gasteiger charge is -1.90. The van der Waals surface area contributed by atoms with Crippen LogP contribution in [0.15, 0.2) is 54.6 Å². The van der Waals surface area contributed by atoms with Gasteiger partial charge in [-0.2, -0.15) is 0 Å². The third-order valence-electron chi connectivity index (χ3n) is 1.93. The van der Waals surface area contributed by atoms with Gasteiger partial charge in [0.1, 0.15) is 12.5 Å². The van der Waals surface area contributed by atoms with E-state index in [-0.39, 0.29) is 0 Å². The SMILES string of the molecule is C=O.Cc1cccc(C)c1.Oc1ccccc1. The molecule has 1 N–H and O–H groups in total. The number of rotatable bonds is 0. The minimum atomic E-state index is 0.322. The Morgan fingerprint density at radius 3 is 1.53 bits per heavy atom. The van der Waals surface area contributed by atoms with Gasteiger partial charge in [0.15, 0.2) is 0 Å². The van der Waals surface area contributed by atoms with E-state index in [0.717, 1.165) is 0 Å². The largest absolute Gasteiger partial charge is 0.508 e. The Bertz CT molecular complexity index is 393. The summed E-state index contributed by atoms with van der Waals surface area (Å²) in [6, 6.07) is 17.2. The first-order chi connectivity index (χ1) is 8.18. The molecule has 17 heavy (non-hydrogen) atoms. The van der Waals surface area contributed by atoms with Crippen molar-refractivity contribution in [3.63, 3.8) is 0 Å². The molecule has 2 nitrogen and oxygen atoms in total. The summed E-state index contributed by atoms with van der Waals surface area (Å²) in [6.45, 7) is 6.21. The lowest BCUT2D eigenvalue weighted by Crippen LogP contribution is -1.71. The highest BCUT2D eigenvalue weighted by atomic mass is 16.3. The highest BCUT2D eigenvalue weighted by Crippen LogP contribution is 2.02. The van der Waals surface area contributed by atoms with Crippen LogP contribution in [0, 0.1) is 13.8 Å². The van der Waals surface area contributed by atoms with Crippen molar-refractivity contribution in [2.75, 3.05) is 0 Å². The lowest BCUT2D eigenvalue weighted by molar-refractivity contribution is -0.0979. The third-order valence-corrected chi connectivity index (χ3v) is 1.93. The van der Waals surface area contributed by atoms with Crippen LogP contribution in [0.4, 0.5) is 0 Å². The zero-order valence-corrected chi connectivity index (χ0v) is 10.3. The van der Waals surface area contributed by atoms with Crippen molar-refractivity contribution in [2.24, 2.45) is 0 Å². The van der Waals surface area contributed by atoms with Gasteiger partial charge in [0.05, 0.1) is 0 Å². The first-order valence-electron chi connectivity index (χ1n) is 5.24. The van der Waals surface area contributed by atoms with Crippen LogP contribution in [0.1, 0.15) is 11.1 Å². The molecule has 0 spiro atoms. The number of carbonyl (C=O) groups is 1. The number of aromatic hydroxyl groups is 1. The van der Waals surface area contributed by atoms with Crippen LogP contribution in [0.3, 0.4) is 0 Å². The maximum atomic E-state index is 8.63. The average molecular weight is 230 g/mol. The number of phenolic OH excluding ortho intramolecular Hbond substituents is 1. The zero-order valence-electron chi connectivity index (χ0n) is 10.3. The van der Waals surface area contributed by atoms with Gasteiger partial charge < -0.3 is 9.90 Å². The van der Waals surface area contributed by atoms with E-state index in [2.05, 4.69) is 38.1 Å². The van der Waals surface area contributed by atoms with E-state index < -0.39 is 0 Å². The van der Waals surface area contributed by atoms with Crippen molar-refractivity contribution in [2.45, 2.75) is 13.8 Å². The molecule has 0 bridgehead atoms. The van der Waals surface area contributed by atoms with Gasteiger partial charge in [-0.15, -0.1) is 0 Å². The van der Waals surface area contributed by atoms with Crippen LogP contribution in [0.2, 0.25) is 0 Å². The summed E-state index contributed by atoms with van der Waals surface area (Å²) in [5, 5.41) is 8.63. The van der Waals surface area contributed by atoms with Crippen molar-refractivity contribution in [1.82, 2.24) is 0 Å². The van der Waals surface area contributed by atoms with Gasteiger partial charge in [-0.1, -0.05) is 53.6 Å². The molecule has 0 saturated heterocycles. The first kappa shape index (κ1) is 14.9. The monoisotopic (exact) mass is 230 g/mol. The number of carbonyl (C=O) groups excluding carboxylic acids is 1. The van der Waals surface area contributed by atoms with Crippen LogP contribution >= 0.6 is 0 Å². The minimum Gasteiger partial charge on any atom is -0.508 e. The summed E-state index contributed by atoms with van der Waals surface area (Å²) in [4.78, 5) is 8.00. The summed E-state index contributed by atoms with van der Waals surface area (Å²) >= 11 is 0. The predicted molar refractivity (Wildman–Crippen MR) is 71.1 cm³/mol. The zero-order chi connectivity index (χ0) is 13.1. The third kappa shape index (κ3) is 7.79. The van der Waals surface area contributed by atoms with Crippen LogP contribution < -0.4 is 0 Å². The summed E-state index contributed by atoms with van der Waals surface area (Å²) in [7, 11) is 0. The van der Waals surface area contributed by atoms with Crippen molar-refractivity contribution in [3.05, 3.63) is 65.7 Å². The van der Waals surface area contributed by atoms with Gasteiger partial charge in [0.25, 0.3) is 0 Å². The molecule has 0 aliphatic heterocycles. The molecule has 0 amide bonds. The molecule has 0 aromatic heterocycles. The molecule has 2 aromatic rings. The van der Waals surface area contributed by atoms with E-state index in [1.165, 1.54) is 11.1 Å². The van der Waals surface area contributed by atoms with Gasteiger partial charge in [0, 0.05) is 0 Å². The Hall–Kier alpha value is -2.09. The van der Waals surface area contributed by atoms with E-state index in [1.807, 2.05) is 12.9 Å². The Balaban J connectivity index is 0.000000265. The minimum absolute atomic E-state index is 0.322. The molecule has 0 aliphatic rings. The molecule has 0 heterocycles. The number of para-hydroxylation sites is 1. The van der Waals surface area contributed by atoms with Crippen molar-refractivity contribution in [1.29, 1.82) is 0 Å². The van der Waals surface area contributed by atoms with E-state index in [1.54, 1.807) is 24.3 Å². The molecular formula is C15H18O2. The van der Waals surface area contributed by atoms with Crippen LogP contribution in [0.25, 0.3) is 0 Å². The fraction of sp³-hybridized carbons (Fsp3) is 0.133. The second-order valence-electron chi connectivity index (χ2n) is 3.49. The van der Waals surface area contributed by atoms with E-state index in [9.17, 15) is 0 Å². The maximum absolute atomic E-state index is 8.63. The Morgan fingerprint density at radius 2 is 1.29 bits per heavy atom. The van der Waals surface area contributed by atoms with E-state index in [0.29, 0.717) is 5.75 Å². The number of hydrogen-bond donors (Lipinski definition) is 1. The molecule has 0 fully saturated rings. The molecule has 2 rings (SSSR count). The number of phenols is 1. The van der Waals surface area contributed by atoms with E-state index in [4.69, 9.17) is 9.90 Å². The smallest absolute Gasteiger partial charge is 0.115 e. The summed E-state index contributed by atoms with van der Waals surface area (Å²) in [5.74, 6) is 0.322. The maximum Gasteiger partial charge on any atom is 0.115 e. The Kier molecular flexibility index (Phi) is 8.03. The van der Waals surface area contributed by atoms with E-state index >= 15 is 0 Å². The molecule has 0 saturated carbocycles. The topological polar surface area (TPSA) is 37.3 Å². The van der Waals surface area contributed by atoms with Crippen LogP contribution in [0.5, 0.6) is 5.75 Å². The fourth-order valence-corrected chi connectivity index (χ4v) is 1.24. The molecule has 0 unspecified atom stereocenters. The molecule has 2 aromatic carbocycles. The summed E-state index contributed by atoms with van der Waals surface area (Å²) in [5.41, 5.74) is 2.68. The Morgan fingerprint density at radius 1 is 0.824 bits per heavy atom.